The number of aliphatic hydroxyl groups excluding tert-OH is 1. The van der Waals surface area contributed by atoms with Crippen molar-refractivity contribution in [2.24, 2.45) is 0 Å². The van der Waals surface area contributed by atoms with E-state index in [9.17, 15) is 4.79 Å². The summed E-state index contributed by atoms with van der Waals surface area (Å²) in [5.74, 6) is 0.310. The predicted molar refractivity (Wildman–Crippen MR) is 75.0 cm³/mol. The van der Waals surface area contributed by atoms with Gasteiger partial charge in [-0.2, -0.15) is 16.1 Å². The molecule has 0 saturated heterocycles. The lowest BCUT2D eigenvalue weighted by atomic mass is 10.3. The molecule has 0 bridgehead atoms. The second-order valence-corrected chi connectivity index (χ2v) is 4.79. The van der Waals surface area contributed by atoms with Gasteiger partial charge in [-0.05, 0) is 16.7 Å². The van der Waals surface area contributed by atoms with Crippen LogP contribution < -0.4 is 0 Å². The summed E-state index contributed by atoms with van der Waals surface area (Å²) in [5.41, 5.74) is 0.881. The molecule has 0 unspecified atom stereocenters. The molecule has 0 spiro atoms. The first-order valence-electron chi connectivity index (χ1n) is 6.04. The van der Waals surface area contributed by atoms with E-state index in [1.54, 1.807) is 17.4 Å². The molecule has 0 radical (unpaired) electrons. The fourth-order valence-electron chi connectivity index (χ4n) is 1.63. The van der Waals surface area contributed by atoms with Gasteiger partial charge in [-0.15, -0.1) is 16.8 Å². The minimum Gasteiger partial charge on any atom is -0.395 e. The first kappa shape index (κ1) is 14.4. The lowest BCUT2D eigenvalue weighted by Crippen LogP contribution is -2.36. The Morgan fingerprint density at radius 1 is 1.60 bits per heavy atom. The van der Waals surface area contributed by atoms with Gasteiger partial charge < -0.3 is 10.0 Å². The second-order valence-electron chi connectivity index (χ2n) is 4.01. The van der Waals surface area contributed by atoms with Crippen molar-refractivity contribution in [2.75, 3.05) is 19.7 Å². The molecule has 0 aliphatic carbocycles. The summed E-state index contributed by atoms with van der Waals surface area (Å²) in [6, 6.07) is 1.89. The highest BCUT2D eigenvalue weighted by Crippen LogP contribution is 2.16. The van der Waals surface area contributed by atoms with Gasteiger partial charge in [0.25, 0.3) is 0 Å². The molecule has 0 atom stereocenters. The van der Waals surface area contributed by atoms with Gasteiger partial charge in [-0.3, -0.25) is 4.79 Å². The molecule has 8 heteroatoms. The molecule has 106 valence electrons. The van der Waals surface area contributed by atoms with E-state index in [-0.39, 0.29) is 25.6 Å². The number of aliphatic hydroxyl groups is 1. The summed E-state index contributed by atoms with van der Waals surface area (Å²) in [4.78, 5) is 14.8. The lowest BCUT2D eigenvalue weighted by Gasteiger charge is -2.19. The third-order valence-corrected chi connectivity index (χ3v) is 3.26. The molecular weight excluding hydrogens is 278 g/mol. The van der Waals surface area contributed by atoms with Crippen molar-refractivity contribution < 1.29 is 9.90 Å². The third-order valence-electron chi connectivity index (χ3n) is 2.58. The molecule has 1 N–H and O–H groups in total. The van der Waals surface area contributed by atoms with Crippen LogP contribution in [0.25, 0.3) is 11.4 Å². The summed E-state index contributed by atoms with van der Waals surface area (Å²) < 4.78 is 0. The zero-order valence-electron chi connectivity index (χ0n) is 10.8. The zero-order chi connectivity index (χ0) is 14.4. The van der Waals surface area contributed by atoms with Gasteiger partial charge in [0, 0.05) is 24.0 Å². The SMILES string of the molecule is C=CCN(CCO)C(=O)Cn1nnc(-c2ccsc2)n1. The quantitative estimate of drug-likeness (QED) is 0.747. The zero-order valence-corrected chi connectivity index (χ0v) is 11.7. The van der Waals surface area contributed by atoms with Crippen molar-refractivity contribution in [1.29, 1.82) is 0 Å². The van der Waals surface area contributed by atoms with Gasteiger partial charge in [-0.25, -0.2) is 0 Å². The number of thiophene rings is 1. The Bertz CT molecular complexity index is 566. The minimum absolute atomic E-state index is 0.00895. The fourth-order valence-corrected chi connectivity index (χ4v) is 2.27. The molecule has 0 aliphatic heterocycles. The predicted octanol–water partition coefficient (Wildman–Crippen LogP) is 0.408. The van der Waals surface area contributed by atoms with E-state index < -0.39 is 0 Å². The van der Waals surface area contributed by atoms with E-state index in [1.807, 2.05) is 16.8 Å². The first-order valence-corrected chi connectivity index (χ1v) is 6.98. The highest BCUT2D eigenvalue weighted by Gasteiger charge is 2.14. The first-order chi connectivity index (χ1) is 9.74. The Balaban J connectivity index is 2.02. The maximum atomic E-state index is 12.0. The number of carbonyl (C=O) groups excluding carboxylic acids is 1. The van der Waals surface area contributed by atoms with E-state index in [1.165, 1.54) is 9.70 Å². The number of amides is 1. The maximum absolute atomic E-state index is 12.0. The van der Waals surface area contributed by atoms with Crippen LogP contribution in [-0.4, -0.2) is 55.8 Å². The van der Waals surface area contributed by atoms with Crippen LogP contribution in [0.1, 0.15) is 0 Å². The largest absolute Gasteiger partial charge is 0.395 e. The van der Waals surface area contributed by atoms with Crippen LogP contribution >= 0.6 is 11.3 Å². The van der Waals surface area contributed by atoms with E-state index in [2.05, 4.69) is 22.0 Å². The third kappa shape index (κ3) is 3.49. The molecule has 0 fully saturated rings. The Morgan fingerprint density at radius 3 is 3.10 bits per heavy atom. The second kappa shape index (κ2) is 6.92. The molecule has 2 aromatic rings. The number of hydrogen-bond acceptors (Lipinski definition) is 6. The van der Waals surface area contributed by atoms with Crippen molar-refractivity contribution in [3.05, 3.63) is 29.5 Å². The molecule has 2 rings (SSSR count). The summed E-state index contributed by atoms with van der Waals surface area (Å²) in [5, 5.41) is 24.7. The lowest BCUT2D eigenvalue weighted by molar-refractivity contribution is -0.132. The van der Waals surface area contributed by atoms with Crippen molar-refractivity contribution >= 4 is 17.2 Å². The number of nitrogens with zero attached hydrogens (tertiary/aromatic N) is 5. The van der Waals surface area contributed by atoms with Gasteiger partial charge in [0.1, 0.15) is 6.54 Å². The Kier molecular flexibility index (Phi) is 4.97. The number of tetrazole rings is 1. The molecule has 2 heterocycles. The molecule has 0 saturated carbocycles. The van der Waals surface area contributed by atoms with E-state index in [0.29, 0.717) is 12.4 Å². The minimum atomic E-state index is -0.187. The normalized spacial score (nSPS) is 10.4. The summed E-state index contributed by atoms with van der Waals surface area (Å²) in [7, 11) is 0. The van der Waals surface area contributed by atoms with Crippen molar-refractivity contribution in [3.63, 3.8) is 0 Å². The van der Waals surface area contributed by atoms with Gasteiger partial charge in [0.2, 0.25) is 11.7 Å². The molecule has 0 aromatic carbocycles. The number of aromatic nitrogens is 4. The van der Waals surface area contributed by atoms with Crippen molar-refractivity contribution in [1.82, 2.24) is 25.1 Å². The molecule has 20 heavy (non-hydrogen) atoms. The Morgan fingerprint density at radius 2 is 2.45 bits per heavy atom. The number of carbonyl (C=O) groups is 1. The van der Waals surface area contributed by atoms with Crippen LogP contribution in [0, 0.1) is 0 Å². The number of rotatable bonds is 7. The van der Waals surface area contributed by atoms with Crippen LogP contribution in [0.2, 0.25) is 0 Å². The summed E-state index contributed by atoms with van der Waals surface area (Å²) >= 11 is 1.54. The maximum Gasteiger partial charge on any atom is 0.246 e. The molecule has 1 amide bonds. The Hall–Kier alpha value is -2.06. The van der Waals surface area contributed by atoms with Crippen LogP contribution in [-0.2, 0) is 11.3 Å². The van der Waals surface area contributed by atoms with Crippen molar-refractivity contribution in [3.8, 4) is 11.4 Å². The molecule has 0 aliphatic rings. The summed E-state index contributed by atoms with van der Waals surface area (Å²) in [6.07, 6.45) is 1.61. The van der Waals surface area contributed by atoms with Gasteiger partial charge in [0.05, 0.1) is 6.61 Å². The van der Waals surface area contributed by atoms with Crippen molar-refractivity contribution in [2.45, 2.75) is 6.54 Å². The standard InChI is InChI=1S/C12H15N5O2S/c1-2-4-16(5-6-18)11(19)8-17-14-12(13-15-17)10-3-7-20-9-10/h2-3,7,9,18H,1,4-6,8H2. The smallest absolute Gasteiger partial charge is 0.246 e. The Labute approximate surface area is 120 Å². The van der Waals surface area contributed by atoms with Gasteiger partial charge in [-0.1, -0.05) is 6.08 Å². The monoisotopic (exact) mass is 293 g/mol. The summed E-state index contributed by atoms with van der Waals surface area (Å²) in [6.45, 7) is 4.12. The van der Waals surface area contributed by atoms with Gasteiger partial charge in [0.15, 0.2) is 0 Å². The number of hydrogen-bond donors (Lipinski definition) is 1. The molecule has 7 nitrogen and oxygen atoms in total. The fraction of sp³-hybridized carbons (Fsp3) is 0.333. The highest BCUT2D eigenvalue weighted by molar-refractivity contribution is 7.08. The van der Waals surface area contributed by atoms with E-state index >= 15 is 0 Å². The molecule has 2 aromatic heterocycles. The van der Waals surface area contributed by atoms with Crippen LogP contribution in [0.3, 0.4) is 0 Å². The van der Waals surface area contributed by atoms with E-state index in [0.717, 1.165) is 5.56 Å². The average molecular weight is 293 g/mol. The van der Waals surface area contributed by atoms with E-state index in [4.69, 9.17) is 5.11 Å². The molecular formula is C12H15N5O2S. The van der Waals surface area contributed by atoms with Gasteiger partial charge >= 0.3 is 0 Å². The average Bonchev–Trinajstić information content (AvgIpc) is 3.08. The highest BCUT2D eigenvalue weighted by atomic mass is 32.1. The topological polar surface area (TPSA) is 84.1 Å². The van der Waals surface area contributed by atoms with Crippen LogP contribution in [0.15, 0.2) is 29.5 Å². The van der Waals surface area contributed by atoms with Crippen LogP contribution in [0.5, 0.6) is 0 Å². The van der Waals surface area contributed by atoms with Crippen LogP contribution in [0.4, 0.5) is 0 Å².